The Morgan fingerprint density at radius 3 is 2.92 bits per heavy atom. The minimum Gasteiger partial charge on any atom is -0.507 e. The van der Waals surface area contributed by atoms with Crippen LogP contribution in [0.25, 0.3) is 0 Å². The molecule has 0 spiro atoms. The Hall–Kier alpha value is -1.28. The van der Waals surface area contributed by atoms with Crippen LogP contribution < -0.4 is 0 Å². The summed E-state index contributed by atoms with van der Waals surface area (Å²) in [4.78, 5) is 12.0. The molecular formula is C18H18IN3OS. The lowest BCUT2D eigenvalue weighted by atomic mass is 9.95. The van der Waals surface area contributed by atoms with E-state index in [1.807, 2.05) is 36.2 Å². The highest BCUT2D eigenvalue weighted by atomic mass is 127. The number of pyridine rings is 1. The average Bonchev–Trinajstić information content (AvgIpc) is 3.17. The van der Waals surface area contributed by atoms with Gasteiger partial charge in [0.15, 0.2) is 5.17 Å². The zero-order valence-corrected chi connectivity index (χ0v) is 16.2. The number of aromatic hydroxyl groups is 1. The number of phenolic OH excluding ortho intramolecular Hbond substituents is 1. The van der Waals surface area contributed by atoms with Crippen molar-refractivity contribution >= 4 is 39.5 Å². The molecule has 2 aromatic rings. The number of benzene rings is 1. The van der Waals surface area contributed by atoms with Gasteiger partial charge in [-0.15, -0.1) is 0 Å². The summed E-state index contributed by atoms with van der Waals surface area (Å²) in [6, 6.07) is 12.5. The van der Waals surface area contributed by atoms with Crippen LogP contribution in [-0.2, 0) is 0 Å². The predicted octanol–water partition coefficient (Wildman–Crippen LogP) is 4.37. The van der Waals surface area contributed by atoms with E-state index in [0.29, 0.717) is 11.8 Å². The summed E-state index contributed by atoms with van der Waals surface area (Å²) in [6.45, 7) is 2.24. The summed E-state index contributed by atoms with van der Waals surface area (Å²) >= 11 is 4.03. The van der Waals surface area contributed by atoms with Crippen molar-refractivity contribution in [2.45, 2.75) is 31.5 Å². The van der Waals surface area contributed by atoms with E-state index >= 15 is 0 Å². The van der Waals surface area contributed by atoms with Crippen LogP contribution in [0.2, 0.25) is 0 Å². The smallest absolute Gasteiger partial charge is 0.160 e. The fourth-order valence-corrected chi connectivity index (χ4v) is 5.29. The molecule has 2 aliphatic rings. The monoisotopic (exact) mass is 451 g/mol. The Morgan fingerprint density at radius 1 is 1.33 bits per heavy atom. The van der Waals surface area contributed by atoms with Gasteiger partial charge in [0.2, 0.25) is 0 Å². The molecule has 2 aliphatic heterocycles. The van der Waals surface area contributed by atoms with Crippen molar-refractivity contribution in [2.75, 3.05) is 5.75 Å². The van der Waals surface area contributed by atoms with Crippen molar-refractivity contribution in [3.63, 3.8) is 0 Å². The van der Waals surface area contributed by atoms with Crippen LogP contribution in [0.3, 0.4) is 0 Å². The Morgan fingerprint density at radius 2 is 2.21 bits per heavy atom. The van der Waals surface area contributed by atoms with E-state index in [9.17, 15) is 5.11 Å². The van der Waals surface area contributed by atoms with Gasteiger partial charge in [0, 0.05) is 18.0 Å². The first-order chi connectivity index (χ1) is 11.7. The lowest BCUT2D eigenvalue weighted by Gasteiger charge is -2.32. The molecule has 0 bridgehead atoms. The van der Waals surface area contributed by atoms with Crippen molar-refractivity contribution in [3.8, 4) is 5.75 Å². The van der Waals surface area contributed by atoms with Crippen LogP contribution in [0.1, 0.15) is 36.7 Å². The second-order valence-corrected chi connectivity index (χ2v) is 8.20. The maximum atomic E-state index is 9.89. The Labute approximate surface area is 159 Å². The van der Waals surface area contributed by atoms with E-state index in [2.05, 4.69) is 51.5 Å². The van der Waals surface area contributed by atoms with Crippen molar-refractivity contribution in [2.24, 2.45) is 4.99 Å². The minimum absolute atomic E-state index is 0.00314. The van der Waals surface area contributed by atoms with Crippen molar-refractivity contribution in [3.05, 3.63) is 57.4 Å². The zero-order valence-electron chi connectivity index (χ0n) is 13.3. The number of amidine groups is 1. The third-order valence-electron chi connectivity index (χ3n) is 4.64. The highest BCUT2D eigenvalue weighted by Gasteiger charge is 2.45. The first kappa shape index (κ1) is 16.2. The number of aromatic nitrogens is 1. The highest BCUT2D eigenvalue weighted by Crippen LogP contribution is 2.48. The molecule has 0 unspecified atom stereocenters. The molecule has 0 saturated carbocycles. The van der Waals surface area contributed by atoms with Crippen LogP contribution in [0, 0.1) is 3.57 Å². The van der Waals surface area contributed by atoms with Crippen LogP contribution >= 0.6 is 34.4 Å². The fraction of sp³-hybridized carbons (Fsp3) is 0.333. The Kier molecular flexibility index (Phi) is 4.42. The number of rotatable bonds is 3. The number of nitrogens with zero attached hydrogens (tertiary/aromatic N) is 3. The van der Waals surface area contributed by atoms with Gasteiger partial charge < -0.3 is 10.0 Å². The summed E-state index contributed by atoms with van der Waals surface area (Å²) in [6.07, 6.45) is 2.94. The van der Waals surface area contributed by atoms with Crippen molar-refractivity contribution in [1.82, 2.24) is 9.88 Å². The number of hydrogen-bond donors (Lipinski definition) is 1. The SMILES string of the molecule is CC[C@H]1CSC2=N[C@H](c3ccccn3)[C@@H](c3ccc(O)c(I)c3)N21. The lowest BCUT2D eigenvalue weighted by Crippen LogP contribution is -2.35. The largest absolute Gasteiger partial charge is 0.507 e. The molecular weight excluding hydrogens is 433 g/mol. The third-order valence-corrected chi connectivity index (χ3v) is 6.63. The normalized spacial score (nSPS) is 25.7. The number of fused-ring (bicyclic) bond motifs is 1. The zero-order chi connectivity index (χ0) is 16.7. The van der Waals surface area contributed by atoms with Crippen LogP contribution in [0.5, 0.6) is 5.75 Å². The fourth-order valence-electron chi connectivity index (χ4n) is 3.42. The summed E-state index contributed by atoms with van der Waals surface area (Å²) in [5.74, 6) is 1.42. The summed E-state index contributed by atoms with van der Waals surface area (Å²) in [5.41, 5.74) is 2.19. The van der Waals surface area contributed by atoms with E-state index in [1.54, 1.807) is 6.07 Å². The van der Waals surface area contributed by atoms with Gasteiger partial charge >= 0.3 is 0 Å². The standard InChI is InChI=1S/C18H18IN3OS/c1-2-12-10-24-18-21-16(14-5-3-4-8-20-14)17(22(12)18)11-6-7-15(23)13(19)9-11/h3-9,12,16-17,23H,2,10H2,1H3/t12-,16+,17+/m0/s1. The summed E-state index contributed by atoms with van der Waals surface area (Å²) in [5, 5.41) is 11.0. The number of phenols is 1. The minimum atomic E-state index is 0.00314. The molecule has 1 N–H and O–H groups in total. The molecule has 4 nitrogen and oxygen atoms in total. The molecule has 24 heavy (non-hydrogen) atoms. The topological polar surface area (TPSA) is 48.7 Å². The van der Waals surface area contributed by atoms with E-state index in [1.165, 1.54) is 5.56 Å². The Bertz CT molecular complexity index is 783. The van der Waals surface area contributed by atoms with Crippen molar-refractivity contribution in [1.29, 1.82) is 0 Å². The molecule has 1 aromatic heterocycles. The molecule has 1 saturated heterocycles. The van der Waals surface area contributed by atoms with Crippen molar-refractivity contribution < 1.29 is 5.11 Å². The van der Waals surface area contributed by atoms with Gasteiger partial charge in [-0.1, -0.05) is 30.8 Å². The van der Waals surface area contributed by atoms with Gasteiger partial charge in [-0.25, -0.2) is 0 Å². The van der Waals surface area contributed by atoms with E-state index in [0.717, 1.165) is 26.6 Å². The van der Waals surface area contributed by atoms with E-state index in [4.69, 9.17) is 4.99 Å². The van der Waals surface area contributed by atoms with Gasteiger partial charge in [0.1, 0.15) is 11.8 Å². The average molecular weight is 451 g/mol. The van der Waals surface area contributed by atoms with Gasteiger partial charge in [0.05, 0.1) is 15.3 Å². The molecule has 0 radical (unpaired) electrons. The van der Waals surface area contributed by atoms with E-state index in [-0.39, 0.29) is 12.1 Å². The second-order valence-electron chi connectivity index (χ2n) is 6.05. The van der Waals surface area contributed by atoms with Crippen LogP contribution in [-0.4, -0.2) is 32.0 Å². The maximum absolute atomic E-state index is 9.89. The van der Waals surface area contributed by atoms with Crippen LogP contribution in [0.4, 0.5) is 0 Å². The first-order valence-corrected chi connectivity index (χ1v) is 10.1. The lowest BCUT2D eigenvalue weighted by molar-refractivity contribution is 0.255. The summed E-state index contributed by atoms with van der Waals surface area (Å²) < 4.78 is 0.873. The molecule has 0 aliphatic carbocycles. The Balaban J connectivity index is 1.80. The first-order valence-electron chi connectivity index (χ1n) is 8.07. The van der Waals surface area contributed by atoms with Gasteiger partial charge in [-0.05, 0) is 58.8 Å². The number of aliphatic imine (C=N–C) groups is 1. The summed E-state index contributed by atoms with van der Waals surface area (Å²) in [7, 11) is 0. The molecule has 124 valence electrons. The highest BCUT2D eigenvalue weighted by molar-refractivity contribution is 14.1. The molecule has 0 amide bonds. The molecule has 6 heteroatoms. The number of halogens is 1. The molecule has 1 aromatic carbocycles. The third kappa shape index (κ3) is 2.69. The van der Waals surface area contributed by atoms with Gasteiger partial charge in [0.25, 0.3) is 0 Å². The quantitative estimate of drug-likeness (QED) is 0.705. The molecule has 3 heterocycles. The van der Waals surface area contributed by atoms with E-state index < -0.39 is 0 Å². The van der Waals surface area contributed by atoms with Gasteiger partial charge in [-0.3, -0.25) is 9.98 Å². The van der Waals surface area contributed by atoms with Crippen LogP contribution in [0.15, 0.2) is 47.6 Å². The number of thioether (sulfide) groups is 1. The number of hydrogen-bond acceptors (Lipinski definition) is 5. The van der Waals surface area contributed by atoms with Gasteiger partial charge in [-0.2, -0.15) is 0 Å². The molecule has 1 fully saturated rings. The predicted molar refractivity (Wildman–Crippen MR) is 106 cm³/mol. The maximum Gasteiger partial charge on any atom is 0.160 e. The molecule has 4 rings (SSSR count). The molecule has 3 atom stereocenters. The second kappa shape index (κ2) is 6.55.